The van der Waals surface area contributed by atoms with Crippen LogP contribution in [0.5, 0.6) is 5.75 Å². The van der Waals surface area contributed by atoms with Gasteiger partial charge in [0.2, 0.25) is 0 Å². The Bertz CT molecular complexity index is 658. The van der Waals surface area contributed by atoms with Crippen LogP contribution in [-0.2, 0) is 4.79 Å². The minimum atomic E-state index is -0.693. The normalized spacial score (nSPS) is 15.6. The van der Waals surface area contributed by atoms with Crippen LogP contribution >= 0.6 is 0 Å². The van der Waals surface area contributed by atoms with Crippen molar-refractivity contribution in [2.75, 3.05) is 24.6 Å². The van der Waals surface area contributed by atoms with Crippen molar-refractivity contribution in [2.24, 2.45) is 5.92 Å². The topological polar surface area (TPSA) is 78.4 Å². The van der Waals surface area contributed by atoms with Gasteiger partial charge in [-0.05, 0) is 49.6 Å². The Labute approximate surface area is 135 Å². The Morgan fingerprint density at radius 3 is 2.65 bits per heavy atom. The molecule has 2 aromatic rings. The number of aliphatic carboxylic acids is 1. The highest BCUT2D eigenvalue weighted by Crippen LogP contribution is 2.27. The highest BCUT2D eigenvalue weighted by Gasteiger charge is 2.25. The summed E-state index contributed by atoms with van der Waals surface area (Å²) in [7, 11) is 0. The fourth-order valence-corrected chi connectivity index (χ4v) is 2.87. The molecule has 3 rings (SSSR count). The van der Waals surface area contributed by atoms with Gasteiger partial charge in [-0.3, -0.25) is 9.89 Å². The molecule has 1 aliphatic heterocycles. The molecule has 2 N–H and O–H groups in total. The zero-order chi connectivity index (χ0) is 16.2. The number of ether oxygens (including phenoxy) is 1. The molecule has 0 radical (unpaired) electrons. The van der Waals surface area contributed by atoms with Gasteiger partial charge in [-0.1, -0.05) is 0 Å². The number of H-pyrrole nitrogens is 1. The molecule has 0 unspecified atom stereocenters. The molecule has 6 nitrogen and oxygen atoms in total. The zero-order valence-electron chi connectivity index (χ0n) is 13.2. The fraction of sp³-hybridized carbons (Fsp3) is 0.412. The highest BCUT2D eigenvalue weighted by molar-refractivity contribution is 5.70. The molecule has 1 aromatic carbocycles. The van der Waals surface area contributed by atoms with Gasteiger partial charge in [0.1, 0.15) is 5.75 Å². The monoisotopic (exact) mass is 315 g/mol. The van der Waals surface area contributed by atoms with E-state index in [1.165, 1.54) is 0 Å². The number of rotatable bonds is 5. The average molecular weight is 315 g/mol. The van der Waals surface area contributed by atoms with E-state index < -0.39 is 5.97 Å². The lowest BCUT2D eigenvalue weighted by molar-refractivity contribution is -0.142. The third-order valence-electron chi connectivity index (χ3n) is 4.21. The first-order chi connectivity index (χ1) is 11.2. The average Bonchev–Trinajstić information content (AvgIpc) is 3.06. The summed E-state index contributed by atoms with van der Waals surface area (Å²) in [5, 5.41) is 16.5. The van der Waals surface area contributed by atoms with Gasteiger partial charge in [-0.2, -0.15) is 5.10 Å². The van der Waals surface area contributed by atoms with Crippen molar-refractivity contribution in [1.82, 2.24) is 10.2 Å². The van der Waals surface area contributed by atoms with Gasteiger partial charge < -0.3 is 14.7 Å². The van der Waals surface area contributed by atoms with Crippen LogP contribution in [0, 0.1) is 5.92 Å². The molecule has 1 saturated heterocycles. The molecule has 1 aliphatic rings. The quantitative estimate of drug-likeness (QED) is 0.887. The van der Waals surface area contributed by atoms with Crippen LogP contribution in [0.2, 0.25) is 0 Å². The van der Waals surface area contributed by atoms with Crippen molar-refractivity contribution >= 4 is 11.8 Å². The lowest BCUT2D eigenvalue weighted by Gasteiger charge is -2.29. The van der Waals surface area contributed by atoms with Crippen LogP contribution in [-0.4, -0.2) is 41.0 Å². The maximum atomic E-state index is 11.0. The lowest BCUT2D eigenvalue weighted by Crippen LogP contribution is -2.36. The van der Waals surface area contributed by atoms with E-state index in [1.54, 1.807) is 0 Å². The molecule has 23 heavy (non-hydrogen) atoms. The lowest BCUT2D eigenvalue weighted by atomic mass is 9.97. The summed E-state index contributed by atoms with van der Waals surface area (Å²) in [6.07, 6.45) is 1.33. The van der Waals surface area contributed by atoms with E-state index in [4.69, 9.17) is 9.84 Å². The van der Waals surface area contributed by atoms with Gasteiger partial charge in [0.25, 0.3) is 0 Å². The Kier molecular flexibility index (Phi) is 4.50. The number of hydrogen-bond acceptors (Lipinski definition) is 4. The minimum absolute atomic E-state index is 0.226. The largest absolute Gasteiger partial charge is 0.494 e. The van der Waals surface area contributed by atoms with Crippen LogP contribution in [0.25, 0.3) is 11.3 Å². The van der Waals surface area contributed by atoms with Gasteiger partial charge >= 0.3 is 5.97 Å². The Hall–Kier alpha value is -2.50. The summed E-state index contributed by atoms with van der Waals surface area (Å²) in [6, 6.07) is 9.89. The summed E-state index contributed by atoms with van der Waals surface area (Å²) in [5.41, 5.74) is 2.00. The van der Waals surface area contributed by atoms with Crippen LogP contribution in [0.1, 0.15) is 19.8 Å². The number of anilines is 1. The minimum Gasteiger partial charge on any atom is -0.494 e. The molecule has 0 bridgehead atoms. The molecule has 1 fully saturated rings. The van der Waals surface area contributed by atoms with Crippen LogP contribution < -0.4 is 9.64 Å². The Morgan fingerprint density at radius 1 is 1.35 bits per heavy atom. The van der Waals surface area contributed by atoms with Gasteiger partial charge in [0.05, 0.1) is 18.2 Å². The van der Waals surface area contributed by atoms with E-state index in [-0.39, 0.29) is 5.92 Å². The van der Waals surface area contributed by atoms with Gasteiger partial charge in [0, 0.05) is 19.2 Å². The molecule has 0 atom stereocenters. The molecule has 2 heterocycles. The summed E-state index contributed by atoms with van der Waals surface area (Å²) < 4.78 is 5.44. The van der Waals surface area contributed by atoms with Crippen molar-refractivity contribution < 1.29 is 14.6 Å². The highest BCUT2D eigenvalue weighted by atomic mass is 16.5. The second-order valence-electron chi connectivity index (χ2n) is 5.70. The number of piperidine rings is 1. The molecular formula is C17H21N3O3. The zero-order valence-corrected chi connectivity index (χ0v) is 13.2. The molecule has 0 saturated carbocycles. The summed E-state index contributed by atoms with van der Waals surface area (Å²) in [5.74, 6) is 0.807. The number of nitrogens with one attached hydrogen (secondary N) is 1. The fourth-order valence-electron chi connectivity index (χ4n) is 2.87. The standard InChI is InChI=1S/C17H21N3O3/c1-2-23-14-5-3-12(4-6-14)15-11-16(19-18-15)20-9-7-13(8-10-20)17(21)22/h3-6,11,13H,2,7-10H2,1H3,(H,18,19)(H,21,22). The van der Waals surface area contributed by atoms with Gasteiger partial charge in [-0.25, -0.2) is 0 Å². The van der Waals surface area contributed by atoms with Crippen molar-refractivity contribution in [3.8, 4) is 17.0 Å². The van der Waals surface area contributed by atoms with E-state index in [2.05, 4.69) is 15.1 Å². The molecule has 1 aromatic heterocycles. The Balaban J connectivity index is 1.67. The first-order valence-electron chi connectivity index (χ1n) is 7.93. The van der Waals surface area contributed by atoms with Gasteiger partial charge in [0.15, 0.2) is 5.82 Å². The maximum Gasteiger partial charge on any atom is 0.306 e. The summed E-state index contributed by atoms with van der Waals surface area (Å²) in [6.45, 7) is 4.07. The number of nitrogens with zero attached hydrogens (tertiary/aromatic N) is 2. The third kappa shape index (κ3) is 3.47. The van der Waals surface area contributed by atoms with E-state index in [0.717, 1.165) is 35.9 Å². The van der Waals surface area contributed by atoms with Gasteiger partial charge in [-0.15, -0.1) is 0 Å². The van der Waals surface area contributed by atoms with E-state index >= 15 is 0 Å². The smallest absolute Gasteiger partial charge is 0.306 e. The van der Waals surface area contributed by atoms with Crippen LogP contribution in [0.4, 0.5) is 5.82 Å². The first kappa shape index (κ1) is 15.4. The second kappa shape index (κ2) is 6.73. The third-order valence-corrected chi connectivity index (χ3v) is 4.21. The Morgan fingerprint density at radius 2 is 2.04 bits per heavy atom. The number of carboxylic acid groups (broad SMARTS) is 1. The van der Waals surface area contributed by atoms with Crippen molar-refractivity contribution in [2.45, 2.75) is 19.8 Å². The van der Waals surface area contributed by atoms with Crippen molar-refractivity contribution in [3.05, 3.63) is 30.3 Å². The van der Waals surface area contributed by atoms with E-state index in [9.17, 15) is 4.79 Å². The number of benzene rings is 1. The van der Waals surface area contributed by atoms with Crippen molar-refractivity contribution in [1.29, 1.82) is 0 Å². The molecule has 0 amide bonds. The SMILES string of the molecule is CCOc1ccc(-c2cc(N3CCC(C(=O)O)CC3)n[nH]2)cc1. The van der Waals surface area contributed by atoms with Crippen LogP contribution in [0.3, 0.4) is 0 Å². The molecule has 0 aliphatic carbocycles. The number of aromatic amines is 1. The molecular weight excluding hydrogens is 294 g/mol. The number of carboxylic acids is 1. The summed E-state index contributed by atoms with van der Waals surface area (Å²) in [4.78, 5) is 13.1. The molecule has 0 spiro atoms. The van der Waals surface area contributed by atoms with E-state index in [1.807, 2.05) is 37.3 Å². The summed E-state index contributed by atoms with van der Waals surface area (Å²) >= 11 is 0. The van der Waals surface area contributed by atoms with Crippen molar-refractivity contribution in [3.63, 3.8) is 0 Å². The predicted octanol–water partition coefficient (Wildman–Crippen LogP) is 2.78. The number of hydrogen-bond donors (Lipinski definition) is 2. The second-order valence-corrected chi connectivity index (χ2v) is 5.70. The van der Waals surface area contributed by atoms with Crippen LogP contribution in [0.15, 0.2) is 30.3 Å². The molecule has 122 valence electrons. The molecule has 6 heteroatoms. The first-order valence-corrected chi connectivity index (χ1v) is 7.93. The predicted molar refractivity (Wildman–Crippen MR) is 87.8 cm³/mol. The maximum absolute atomic E-state index is 11.0. The number of aromatic nitrogens is 2. The van der Waals surface area contributed by atoms with E-state index in [0.29, 0.717) is 19.4 Å². The number of carbonyl (C=O) groups is 1.